The molecule has 0 aliphatic heterocycles. The Bertz CT molecular complexity index is 736. The summed E-state index contributed by atoms with van der Waals surface area (Å²) in [6, 6.07) is 9.58. The highest BCUT2D eigenvalue weighted by Gasteiger charge is 2.12. The Kier molecular flexibility index (Phi) is 2.83. The zero-order valence-corrected chi connectivity index (χ0v) is 12.3. The number of nitrogens with two attached hydrogens (primary N) is 1. The zero-order chi connectivity index (χ0) is 12.7. The molecule has 6 heteroatoms. The van der Waals surface area contributed by atoms with Crippen LogP contribution in [-0.2, 0) is 0 Å². The van der Waals surface area contributed by atoms with Crippen molar-refractivity contribution in [2.24, 2.45) is 0 Å². The van der Waals surface area contributed by atoms with Crippen molar-refractivity contribution in [1.82, 2.24) is 14.6 Å². The predicted molar refractivity (Wildman–Crippen MR) is 78.2 cm³/mol. The highest BCUT2D eigenvalue weighted by Crippen LogP contribution is 2.31. The Balaban J connectivity index is 2.32. The van der Waals surface area contributed by atoms with E-state index in [0.29, 0.717) is 5.69 Å². The topological polar surface area (TPSA) is 56.2 Å². The normalized spacial score (nSPS) is 11.0. The van der Waals surface area contributed by atoms with Crippen LogP contribution in [0.2, 0.25) is 0 Å². The summed E-state index contributed by atoms with van der Waals surface area (Å²) >= 11 is 6.86. The van der Waals surface area contributed by atoms with Gasteiger partial charge in [0.25, 0.3) is 0 Å². The van der Waals surface area contributed by atoms with Crippen molar-refractivity contribution >= 4 is 43.2 Å². The van der Waals surface area contributed by atoms with Crippen molar-refractivity contribution in [3.05, 3.63) is 45.5 Å². The Morgan fingerprint density at radius 2 is 1.89 bits per heavy atom. The average molecular weight is 368 g/mol. The van der Waals surface area contributed by atoms with Gasteiger partial charge in [-0.25, -0.2) is 0 Å². The third kappa shape index (κ3) is 1.81. The lowest BCUT2D eigenvalue weighted by molar-refractivity contribution is 1.11. The van der Waals surface area contributed by atoms with Gasteiger partial charge in [-0.15, -0.1) is 10.2 Å². The van der Waals surface area contributed by atoms with E-state index in [9.17, 15) is 0 Å². The smallest absolute Gasteiger partial charge is 0.170 e. The van der Waals surface area contributed by atoms with Gasteiger partial charge in [-0.3, -0.25) is 4.40 Å². The monoisotopic (exact) mass is 366 g/mol. The number of nitrogens with zero attached hydrogens (tertiary/aromatic N) is 3. The molecule has 4 nitrogen and oxygen atoms in total. The minimum atomic E-state index is 0.659. The molecular weight excluding hydrogens is 360 g/mol. The fourth-order valence-electron chi connectivity index (χ4n) is 1.78. The molecule has 0 fully saturated rings. The van der Waals surface area contributed by atoms with Crippen LogP contribution < -0.4 is 5.73 Å². The fraction of sp³-hybridized carbons (Fsp3) is 0. The zero-order valence-electron chi connectivity index (χ0n) is 9.14. The van der Waals surface area contributed by atoms with Crippen molar-refractivity contribution in [3.63, 3.8) is 0 Å². The SMILES string of the molecule is Nc1c(Br)cccc1-c1nnc2ccc(Br)cn12. The first-order chi connectivity index (χ1) is 8.66. The quantitative estimate of drug-likeness (QED) is 0.669. The van der Waals surface area contributed by atoms with Crippen molar-refractivity contribution in [3.8, 4) is 11.4 Å². The van der Waals surface area contributed by atoms with Crippen LogP contribution in [-0.4, -0.2) is 14.6 Å². The van der Waals surface area contributed by atoms with Gasteiger partial charge in [0.15, 0.2) is 11.5 Å². The summed E-state index contributed by atoms with van der Waals surface area (Å²) in [5.74, 6) is 0.727. The number of rotatable bonds is 1. The van der Waals surface area contributed by atoms with Gasteiger partial charge in [0.05, 0.1) is 5.69 Å². The molecule has 1 aromatic carbocycles. The van der Waals surface area contributed by atoms with Gasteiger partial charge >= 0.3 is 0 Å². The van der Waals surface area contributed by atoms with Crippen LogP contribution in [0, 0.1) is 0 Å². The highest BCUT2D eigenvalue weighted by molar-refractivity contribution is 9.10. The van der Waals surface area contributed by atoms with Gasteiger partial charge in [-0.05, 0) is 56.1 Å². The lowest BCUT2D eigenvalue weighted by atomic mass is 10.1. The third-order valence-corrected chi connectivity index (χ3v) is 3.82. The fourth-order valence-corrected chi connectivity index (χ4v) is 2.48. The molecule has 2 aromatic heterocycles. The maximum absolute atomic E-state index is 6.06. The molecular formula is C12H8Br2N4. The first-order valence-corrected chi connectivity index (χ1v) is 6.80. The number of hydrogen-bond donors (Lipinski definition) is 1. The summed E-state index contributed by atoms with van der Waals surface area (Å²) in [5.41, 5.74) is 8.36. The van der Waals surface area contributed by atoms with Crippen LogP contribution in [0.1, 0.15) is 0 Å². The number of halogens is 2. The summed E-state index contributed by atoms with van der Waals surface area (Å²) in [6.45, 7) is 0. The number of hydrogen-bond acceptors (Lipinski definition) is 3. The maximum atomic E-state index is 6.06. The van der Waals surface area contributed by atoms with Crippen molar-refractivity contribution in [2.45, 2.75) is 0 Å². The lowest BCUT2D eigenvalue weighted by Crippen LogP contribution is -1.95. The van der Waals surface area contributed by atoms with Gasteiger partial charge in [0.1, 0.15) is 0 Å². The number of para-hydroxylation sites is 1. The van der Waals surface area contributed by atoms with Gasteiger partial charge in [-0.1, -0.05) is 6.07 Å². The Labute approximate surface area is 120 Å². The van der Waals surface area contributed by atoms with E-state index in [4.69, 9.17) is 5.73 Å². The number of fused-ring (bicyclic) bond motifs is 1. The van der Waals surface area contributed by atoms with Crippen LogP contribution in [0.3, 0.4) is 0 Å². The Morgan fingerprint density at radius 3 is 2.72 bits per heavy atom. The molecule has 2 N–H and O–H groups in total. The van der Waals surface area contributed by atoms with Crippen LogP contribution in [0.4, 0.5) is 5.69 Å². The highest BCUT2D eigenvalue weighted by atomic mass is 79.9. The summed E-state index contributed by atoms with van der Waals surface area (Å²) in [7, 11) is 0. The molecule has 2 heterocycles. The minimum Gasteiger partial charge on any atom is -0.397 e. The molecule has 0 bridgehead atoms. The molecule has 0 saturated carbocycles. The molecule has 0 atom stereocenters. The first-order valence-electron chi connectivity index (χ1n) is 5.21. The molecule has 0 aliphatic rings. The van der Waals surface area contributed by atoms with Gasteiger partial charge in [-0.2, -0.15) is 0 Å². The standard InChI is InChI=1S/C12H8Br2N4/c13-7-4-5-10-16-17-12(18(10)6-7)8-2-1-3-9(14)11(8)15/h1-6H,15H2. The predicted octanol–water partition coefficient (Wildman–Crippen LogP) is 3.50. The van der Waals surface area contributed by atoms with E-state index in [1.54, 1.807) is 0 Å². The number of pyridine rings is 1. The number of benzene rings is 1. The molecule has 0 saturated heterocycles. The first kappa shape index (κ1) is 11.7. The average Bonchev–Trinajstić information content (AvgIpc) is 2.75. The largest absolute Gasteiger partial charge is 0.397 e. The summed E-state index contributed by atoms with van der Waals surface area (Å²) in [5, 5.41) is 8.33. The van der Waals surface area contributed by atoms with E-state index >= 15 is 0 Å². The number of nitrogen functional groups attached to an aromatic ring is 1. The van der Waals surface area contributed by atoms with E-state index in [1.807, 2.05) is 40.9 Å². The molecule has 3 rings (SSSR count). The second-order valence-corrected chi connectivity index (χ2v) is 5.57. The number of aromatic nitrogens is 3. The summed E-state index contributed by atoms with van der Waals surface area (Å²) < 4.78 is 3.72. The Hall–Kier alpha value is -1.40. The van der Waals surface area contributed by atoms with Gasteiger partial charge in [0, 0.05) is 20.7 Å². The van der Waals surface area contributed by atoms with E-state index in [0.717, 1.165) is 26.0 Å². The third-order valence-electron chi connectivity index (χ3n) is 2.66. The minimum absolute atomic E-state index is 0.659. The molecule has 3 aromatic rings. The van der Waals surface area contributed by atoms with E-state index in [2.05, 4.69) is 42.1 Å². The maximum Gasteiger partial charge on any atom is 0.170 e. The van der Waals surface area contributed by atoms with Crippen molar-refractivity contribution in [2.75, 3.05) is 5.73 Å². The van der Waals surface area contributed by atoms with E-state index < -0.39 is 0 Å². The van der Waals surface area contributed by atoms with Crippen LogP contribution in [0.15, 0.2) is 45.5 Å². The molecule has 0 amide bonds. The van der Waals surface area contributed by atoms with Gasteiger partial charge in [0.2, 0.25) is 0 Å². The molecule has 0 unspecified atom stereocenters. The summed E-state index contributed by atoms with van der Waals surface area (Å²) in [4.78, 5) is 0. The van der Waals surface area contributed by atoms with Crippen LogP contribution in [0.5, 0.6) is 0 Å². The van der Waals surface area contributed by atoms with E-state index in [-0.39, 0.29) is 0 Å². The second-order valence-electron chi connectivity index (χ2n) is 3.80. The van der Waals surface area contributed by atoms with Crippen LogP contribution >= 0.6 is 31.9 Å². The van der Waals surface area contributed by atoms with Crippen molar-refractivity contribution in [1.29, 1.82) is 0 Å². The van der Waals surface area contributed by atoms with Crippen LogP contribution in [0.25, 0.3) is 17.0 Å². The van der Waals surface area contributed by atoms with Crippen molar-refractivity contribution < 1.29 is 0 Å². The lowest BCUT2D eigenvalue weighted by Gasteiger charge is -2.05. The van der Waals surface area contributed by atoms with Gasteiger partial charge < -0.3 is 5.73 Å². The second kappa shape index (κ2) is 4.37. The molecule has 0 radical (unpaired) electrons. The Morgan fingerprint density at radius 1 is 1.06 bits per heavy atom. The molecule has 0 spiro atoms. The number of anilines is 1. The molecule has 18 heavy (non-hydrogen) atoms. The summed E-state index contributed by atoms with van der Waals surface area (Å²) in [6.07, 6.45) is 1.92. The molecule has 90 valence electrons. The molecule has 0 aliphatic carbocycles. The van der Waals surface area contributed by atoms with E-state index in [1.165, 1.54) is 0 Å².